The Balaban J connectivity index is 1.84. The maximum atomic E-state index is 5.99. The van der Waals surface area contributed by atoms with Gasteiger partial charge in [-0.2, -0.15) is 0 Å². The molecule has 3 heteroatoms. The standard InChI is InChI=1S/C16H32N2O/c1-12(17)15-11-18(9-10-19-15)14-7-5-13(6-8-14)16(2,3)4/h12-15H,5-11,17H2,1-4H3. The molecular formula is C16H32N2O. The zero-order valence-electron chi connectivity index (χ0n) is 13.2. The Morgan fingerprint density at radius 1 is 1.16 bits per heavy atom. The highest BCUT2D eigenvalue weighted by molar-refractivity contribution is 4.87. The average molecular weight is 268 g/mol. The van der Waals surface area contributed by atoms with E-state index < -0.39 is 0 Å². The summed E-state index contributed by atoms with van der Waals surface area (Å²) in [4.78, 5) is 2.64. The molecule has 1 saturated heterocycles. The first kappa shape index (κ1) is 15.3. The van der Waals surface area contributed by atoms with Crippen LogP contribution in [0.15, 0.2) is 0 Å². The summed E-state index contributed by atoms with van der Waals surface area (Å²) in [5.41, 5.74) is 6.46. The van der Waals surface area contributed by atoms with E-state index in [1.54, 1.807) is 0 Å². The predicted molar refractivity (Wildman–Crippen MR) is 80.2 cm³/mol. The fourth-order valence-corrected chi connectivity index (χ4v) is 3.65. The van der Waals surface area contributed by atoms with Crippen molar-refractivity contribution in [2.24, 2.45) is 17.1 Å². The minimum atomic E-state index is 0.147. The quantitative estimate of drug-likeness (QED) is 0.837. The lowest BCUT2D eigenvalue weighted by atomic mass is 9.71. The van der Waals surface area contributed by atoms with Crippen molar-refractivity contribution >= 4 is 0 Å². The van der Waals surface area contributed by atoms with Crippen molar-refractivity contribution in [1.82, 2.24) is 4.90 Å². The number of rotatable bonds is 2. The number of nitrogens with two attached hydrogens (primary N) is 1. The van der Waals surface area contributed by atoms with Crippen LogP contribution in [0.4, 0.5) is 0 Å². The van der Waals surface area contributed by atoms with Crippen molar-refractivity contribution in [2.75, 3.05) is 19.7 Å². The molecular weight excluding hydrogens is 236 g/mol. The van der Waals surface area contributed by atoms with Gasteiger partial charge >= 0.3 is 0 Å². The van der Waals surface area contributed by atoms with Gasteiger partial charge < -0.3 is 10.5 Å². The van der Waals surface area contributed by atoms with Gasteiger partial charge in [0.2, 0.25) is 0 Å². The topological polar surface area (TPSA) is 38.5 Å². The van der Waals surface area contributed by atoms with Gasteiger partial charge in [-0.3, -0.25) is 4.90 Å². The first-order valence-electron chi connectivity index (χ1n) is 7.99. The zero-order valence-corrected chi connectivity index (χ0v) is 13.2. The molecule has 112 valence electrons. The van der Waals surface area contributed by atoms with E-state index >= 15 is 0 Å². The Morgan fingerprint density at radius 3 is 2.32 bits per heavy atom. The van der Waals surface area contributed by atoms with Gasteiger partial charge in [0, 0.05) is 25.2 Å². The van der Waals surface area contributed by atoms with Crippen LogP contribution < -0.4 is 5.73 Å². The summed E-state index contributed by atoms with van der Waals surface area (Å²) in [7, 11) is 0. The van der Waals surface area contributed by atoms with Gasteiger partial charge in [-0.15, -0.1) is 0 Å². The smallest absolute Gasteiger partial charge is 0.0850 e. The van der Waals surface area contributed by atoms with E-state index in [0.29, 0.717) is 5.41 Å². The van der Waals surface area contributed by atoms with Crippen molar-refractivity contribution in [3.8, 4) is 0 Å². The molecule has 0 aromatic rings. The molecule has 2 atom stereocenters. The molecule has 1 aliphatic heterocycles. The lowest BCUT2D eigenvalue weighted by molar-refractivity contribution is -0.0599. The largest absolute Gasteiger partial charge is 0.374 e. The molecule has 19 heavy (non-hydrogen) atoms. The Morgan fingerprint density at radius 2 is 1.79 bits per heavy atom. The first-order chi connectivity index (χ1) is 8.88. The van der Waals surface area contributed by atoms with Gasteiger partial charge in [0.15, 0.2) is 0 Å². The molecule has 1 saturated carbocycles. The molecule has 0 spiro atoms. The van der Waals surface area contributed by atoms with Crippen molar-refractivity contribution in [1.29, 1.82) is 0 Å². The molecule has 0 aromatic carbocycles. The highest BCUT2D eigenvalue weighted by atomic mass is 16.5. The van der Waals surface area contributed by atoms with Crippen LogP contribution in [0, 0.1) is 11.3 Å². The second-order valence-corrected chi connectivity index (χ2v) is 7.63. The van der Waals surface area contributed by atoms with Crippen LogP contribution >= 0.6 is 0 Å². The van der Waals surface area contributed by atoms with Crippen molar-refractivity contribution in [2.45, 2.75) is 71.6 Å². The maximum Gasteiger partial charge on any atom is 0.0850 e. The monoisotopic (exact) mass is 268 g/mol. The third-order valence-corrected chi connectivity index (χ3v) is 5.15. The van der Waals surface area contributed by atoms with Crippen LogP contribution in [0.2, 0.25) is 0 Å². The molecule has 2 unspecified atom stereocenters. The second kappa shape index (κ2) is 6.11. The minimum absolute atomic E-state index is 0.147. The lowest BCUT2D eigenvalue weighted by Crippen LogP contribution is -2.53. The van der Waals surface area contributed by atoms with Crippen LogP contribution in [-0.2, 0) is 4.74 Å². The molecule has 0 radical (unpaired) electrons. The molecule has 0 bridgehead atoms. The average Bonchev–Trinajstić information content (AvgIpc) is 2.38. The Hall–Kier alpha value is -0.120. The summed E-state index contributed by atoms with van der Waals surface area (Å²) in [6.07, 6.45) is 5.71. The van der Waals surface area contributed by atoms with Crippen molar-refractivity contribution < 1.29 is 4.74 Å². The summed E-state index contributed by atoms with van der Waals surface area (Å²) in [6, 6.07) is 0.914. The molecule has 1 heterocycles. The maximum absolute atomic E-state index is 5.99. The van der Waals surface area contributed by atoms with Crippen molar-refractivity contribution in [3.63, 3.8) is 0 Å². The molecule has 0 amide bonds. The highest BCUT2D eigenvalue weighted by Gasteiger charge is 2.34. The summed E-state index contributed by atoms with van der Waals surface area (Å²) < 4.78 is 5.77. The number of hydrogen-bond donors (Lipinski definition) is 1. The molecule has 2 rings (SSSR count). The van der Waals surface area contributed by atoms with Gasteiger partial charge in [0.05, 0.1) is 12.7 Å². The van der Waals surface area contributed by atoms with E-state index in [0.717, 1.165) is 31.7 Å². The number of ether oxygens (including phenoxy) is 1. The number of hydrogen-bond acceptors (Lipinski definition) is 3. The second-order valence-electron chi connectivity index (χ2n) is 7.63. The van der Waals surface area contributed by atoms with Gasteiger partial charge in [-0.1, -0.05) is 20.8 Å². The van der Waals surface area contributed by atoms with Crippen LogP contribution in [0.1, 0.15) is 53.4 Å². The van der Waals surface area contributed by atoms with Crippen LogP contribution in [-0.4, -0.2) is 42.8 Å². The third-order valence-electron chi connectivity index (χ3n) is 5.15. The summed E-state index contributed by atoms with van der Waals surface area (Å²) in [5, 5.41) is 0. The Kier molecular flexibility index (Phi) is 4.91. The predicted octanol–water partition coefficient (Wildman–Crippen LogP) is 2.64. The fourth-order valence-electron chi connectivity index (χ4n) is 3.65. The van der Waals surface area contributed by atoms with E-state index in [9.17, 15) is 0 Å². The normalized spacial score (nSPS) is 36.2. The zero-order chi connectivity index (χ0) is 14.0. The molecule has 2 N–H and O–H groups in total. The van der Waals surface area contributed by atoms with E-state index in [-0.39, 0.29) is 12.1 Å². The van der Waals surface area contributed by atoms with Crippen LogP contribution in [0.25, 0.3) is 0 Å². The molecule has 0 aromatic heterocycles. The van der Waals surface area contributed by atoms with E-state index in [1.165, 1.54) is 25.7 Å². The van der Waals surface area contributed by atoms with Crippen LogP contribution in [0.5, 0.6) is 0 Å². The first-order valence-corrected chi connectivity index (χ1v) is 7.99. The minimum Gasteiger partial charge on any atom is -0.374 e. The summed E-state index contributed by atoms with van der Waals surface area (Å²) >= 11 is 0. The number of nitrogens with zero attached hydrogens (tertiary/aromatic N) is 1. The van der Waals surface area contributed by atoms with Gasteiger partial charge in [-0.05, 0) is 43.9 Å². The van der Waals surface area contributed by atoms with E-state index in [2.05, 4.69) is 32.6 Å². The van der Waals surface area contributed by atoms with Gasteiger partial charge in [0.25, 0.3) is 0 Å². The molecule has 3 nitrogen and oxygen atoms in total. The lowest BCUT2D eigenvalue weighted by Gasteiger charge is -2.44. The Bertz CT molecular complexity index is 277. The fraction of sp³-hybridized carbons (Fsp3) is 1.00. The SMILES string of the molecule is CC(N)C1CN(C2CCC(C(C)(C)C)CC2)CCO1. The molecule has 1 aliphatic carbocycles. The van der Waals surface area contributed by atoms with Gasteiger partial charge in [-0.25, -0.2) is 0 Å². The summed E-state index contributed by atoms with van der Waals surface area (Å²) in [6.45, 7) is 12.2. The van der Waals surface area contributed by atoms with E-state index in [4.69, 9.17) is 10.5 Å². The Labute approximate surface area is 118 Å². The number of morpholine rings is 1. The molecule has 2 aliphatic rings. The highest BCUT2D eigenvalue weighted by Crippen LogP contribution is 2.39. The van der Waals surface area contributed by atoms with E-state index in [1.807, 2.05) is 0 Å². The summed E-state index contributed by atoms with van der Waals surface area (Å²) in [5.74, 6) is 0.897. The van der Waals surface area contributed by atoms with Gasteiger partial charge in [0.1, 0.15) is 0 Å². The van der Waals surface area contributed by atoms with Crippen molar-refractivity contribution in [3.05, 3.63) is 0 Å². The molecule has 2 fully saturated rings. The third kappa shape index (κ3) is 3.93. The van der Waals surface area contributed by atoms with Crippen LogP contribution in [0.3, 0.4) is 0 Å².